The quantitative estimate of drug-likeness (QED) is 0.783. The summed E-state index contributed by atoms with van der Waals surface area (Å²) < 4.78 is 0. The van der Waals surface area contributed by atoms with Gasteiger partial charge in [0, 0.05) is 12.2 Å². The molecule has 15 heavy (non-hydrogen) atoms. The lowest BCUT2D eigenvalue weighted by molar-refractivity contribution is -0.115. The first-order valence-electron chi connectivity index (χ1n) is 5.04. The number of carbonyl (C=O) groups is 1. The highest BCUT2D eigenvalue weighted by molar-refractivity contribution is 5.91. The molecule has 2 N–H and O–H groups in total. The Hall–Kier alpha value is -1.42. The van der Waals surface area contributed by atoms with Gasteiger partial charge in [0.1, 0.15) is 5.82 Å². The average molecular weight is 207 g/mol. The fourth-order valence-corrected chi connectivity index (χ4v) is 1.09. The molecule has 0 spiro atoms. The molecule has 0 atom stereocenters. The predicted molar refractivity (Wildman–Crippen MR) is 60.7 cm³/mol. The Kier molecular flexibility index (Phi) is 4.24. The standard InChI is InChI=1S/C11H17N3O/c1-8(2)13-7-10(15)14-11-9(3)5-4-6-12-11/h4-6,8,13H,7H2,1-3H3,(H,12,14,15). The smallest absolute Gasteiger partial charge is 0.239 e. The molecule has 0 fully saturated rings. The van der Waals surface area contributed by atoms with Crippen molar-refractivity contribution < 1.29 is 4.79 Å². The molecular formula is C11H17N3O. The molecule has 4 nitrogen and oxygen atoms in total. The van der Waals surface area contributed by atoms with E-state index in [0.717, 1.165) is 5.56 Å². The third-order valence-electron chi connectivity index (χ3n) is 1.94. The molecule has 0 aliphatic carbocycles. The van der Waals surface area contributed by atoms with Crippen molar-refractivity contribution >= 4 is 11.7 Å². The summed E-state index contributed by atoms with van der Waals surface area (Å²) in [5.74, 6) is 0.568. The van der Waals surface area contributed by atoms with E-state index >= 15 is 0 Å². The molecular weight excluding hydrogens is 190 g/mol. The first kappa shape index (κ1) is 11.7. The van der Waals surface area contributed by atoms with E-state index in [1.54, 1.807) is 6.20 Å². The van der Waals surface area contributed by atoms with Crippen molar-refractivity contribution in [3.63, 3.8) is 0 Å². The zero-order valence-electron chi connectivity index (χ0n) is 9.37. The monoisotopic (exact) mass is 207 g/mol. The molecule has 1 aromatic rings. The summed E-state index contributed by atoms with van der Waals surface area (Å²) in [6.45, 7) is 6.23. The number of aromatic nitrogens is 1. The topological polar surface area (TPSA) is 54.0 Å². The van der Waals surface area contributed by atoms with Gasteiger partial charge < -0.3 is 10.6 Å². The molecule has 1 amide bonds. The second-order valence-corrected chi connectivity index (χ2v) is 3.75. The number of anilines is 1. The fourth-order valence-electron chi connectivity index (χ4n) is 1.09. The average Bonchev–Trinajstić information content (AvgIpc) is 2.18. The highest BCUT2D eigenvalue weighted by Gasteiger charge is 2.05. The van der Waals surface area contributed by atoms with Crippen molar-refractivity contribution in [2.75, 3.05) is 11.9 Å². The molecule has 0 unspecified atom stereocenters. The zero-order valence-corrected chi connectivity index (χ0v) is 9.37. The van der Waals surface area contributed by atoms with Crippen LogP contribution in [0.25, 0.3) is 0 Å². The van der Waals surface area contributed by atoms with Crippen LogP contribution in [-0.4, -0.2) is 23.5 Å². The van der Waals surface area contributed by atoms with Gasteiger partial charge in [0.15, 0.2) is 0 Å². The minimum atomic E-state index is -0.0644. The summed E-state index contributed by atoms with van der Waals surface area (Å²) in [5.41, 5.74) is 0.968. The van der Waals surface area contributed by atoms with Gasteiger partial charge in [-0.1, -0.05) is 19.9 Å². The number of rotatable bonds is 4. The van der Waals surface area contributed by atoms with E-state index in [0.29, 0.717) is 18.4 Å². The zero-order chi connectivity index (χ0) is 11.3. The van der Waals surface area contributed by atoms with Crippen LogP contribution in [-0.2, 0) is 4.79 Å². The molecule has 0 radical (unpaired) electrons. The van der Waals surface area contributed by atoms with Crippen LogP contribution in [0.2, 0.25) is 0 Å². The molecule has 0 aromatic carbocycles. The van der Waals surface area contributed by atoms with Gasteiger partial charge in [-0.25, -0.2) is 4.98 Å². The van der Waals surface area contributed by atoms with Crippen molar-refractivity contribution in [2.45, 2.75) is 26.8 Å². The summed E-state index contributed by atoms with van der Waals surface area (Å²) >= 11 is 0. The number of nitrogens with zero attached hydrogens (tertiary/aromatic N) is 1. The summed E-state index contributed by atoms with van der Waals surface area (Å²) in [5, 5.41) is 5.80. The first-order valence-corrected chi connectivity index (χ1v) is 5.04. The van der Waals surface area contributed by atoms with E-state index in [2.05, 4.69) is 15.6 Å². The third kappa shape index (κ3) is 4.08. The van der Waals surface area contributed by atoms with Crippen molar-refractivity contribution in [2.24, 2.45) is 0 Å². The summed E-state index contributed by atoms with van der Waals surface area (Å²) in [4.78, 5) is 15.5. The Morgan fingerprint density at radius 2 is 2.27 bits per heavy atom. The third-order valence-corrected chi connectivity index (χ3v) is 1.94. The largest absolute Gasteiger partial charge is 0.309 e. The first-order chi connectivity index (χ1) is 7.09. The summed E-state index contributed by atoms with van der Waals surface area (Å²) in [6, 6.07) is 4.07. The Bertz CT molecular complexity index is 336. The summed E-state index contributed by atoms with van der Waals surface area (Å²) in [6.07, 6.45) is 1.67. The summed E-state index contributed by atoms with van der Waals surface area (Å²) in [7, 11) is 0. The molecule has 0 aliphatic rings. The van der Waals surface area contributed by atoms with Gasteiger partial charge >= 0.3 is 0 Å². The lowest BCUT2D eigenvalue weighted by Crippen LogP contribution is -2.32. The molecule has 82 valence electrons. The van der Waals surface area contributed by atoms with Gasteiger partial charge in [-0.05, 0) is 18.6 Å². The molecule has 1 rings (SSSR count). The lowest BCUT2D eigenvalue weighted by Gasteiger charge is -2.09. The van der Waals surface area contributed by atoms with Crippen LogP contribution in [0.5, 0.6) is 0 Å². The Morgan fingerprint density at radius 3 is 2.87 bits per heavy atom. The maximum absolute atomic E-state index is 11.5. The van der Waals surface area contributed by atoms with Crippen LogP contribution in [0.15, 0.2) is 18.3 Å². The highest BCUT2D eigenvalue weighted by Crippen LogP contribution is 2.08. The molecule has 1 aromatic heterocycles. The predicted octanol–water partition coefficient (Wildman–Crippen LogP) is 1.33. The van der Waals surface area contributed by atoms with Crippen LogP contribution in [0.3, 0.4) is 0 Å². The number of nitrogens with one attached hydrogen (secondary N) is 2. The molecule has 4 heteroatoms. The van der Waals surface area contributed by atoms with E-state index in [1.165, 1.54) is 0 Å². The van der Waals surface area contributed by atoms with Crippen LogP contribution >= 0.6 is 0 Å². The van der Waals surface area contributed by atoms with Gasteiger partial charge in [0.2, 0.25) is 5.91 Å². The van der Waals surface area contributed by atoms with Crippen molar-refractivity contribution in [3.05, 3.63) is 23.9 Å². The van der Waals surface area contributed by atoms with Gasteiger partial charge in [0.25, 0.3) is 0 Å². The maximum Gasteiger partial charge on any atom is 0.239 e. The molecule has 0 bridgehead atoms. The number of hydrogen-bond donors (Lipinski definition) is 2. The number of pyridine rings is 1. The molecule has 0 aliphatic heterocycles. The van der Waals surface area contributed by atoms with Crippen LogP contribution in [0.4, 0.5) is 5.82 Å². The number of hydrogen-bond acceptors (Lipinski definition) is 3. The second-order valence-electron chi connectivity index (χ2n) is 3.75. The van der Waals surface area contributed by atoms with E-state index in [-0.39, 0.29) is 5.91 Å². The van der Waals surface area contributed by atoms with Crippen LogP contribution < -0.4 is 10.6 Å². The molecule has 1 heterocycles. The Labute approximate surface area is 90.1 Å². The van der Waals surface area contributed by atoms with Crippen LogP contribution in [0, 0.1) is 6.92 Å². The van der Waals surface area contributed by atoms with Crippen molar-refractivity contribution in [3.8, 4) is 0 Å². The van der Waals surface area contributed by atoms with Gasteiger partial charge in [0.05, 0.1) is 6.54 Å². The second kappa shape index (κ2) is 5.46. The molecule has 0 saturated heterocycles. The van der Waals surface area contributed by atoms with E-state index in [4.69, 9.17) is 0 Å². The maximum atomic E-state index is 11.5. The minimum Gasteiger partial charge on any atom is -0.309 e. The Balaban J connectivity index is 2.48. The minimum absolute atomic E-state index is 0.0644. The highest BCUT2D eigenvalue weighted by atomic mass is 16.1. The van der Waals surface area contributed by atoms with Gasteiger partial charge in [-0.15, -0.1) is 0 Å². The Morgan fingerprint density at radius 1 is 1.53 bits per heavy atom. The van der Waals surface area contributed by atoms with E-state index < -0.39 is 0 Å². The molecule has 0 saturated carbocycles. The normalized spacial score (nSPS) is 10.4. The fraction of sp³-hybridized carbons (Fsp3) is 0.455. The van der Waals surface area contributed by atoms with Gasteiger partial charge in [-0.3, -0.25) is 4.79 Å². The number of aryl methyl sites for hydroxylation is 1. The van der Waals surface area contributed by atoms with Crippen molar-refractivity contribution in [1.29, 1.82) is 0 Å². The van der Waals surface area contributed by atoms with Crippen molar-refractivity contribution in [1.82, 2.24) is 10.3 Å². The SMILES string of the molecule is Cc1cccnc1NC(=O)CNC(C)C. The van der Waals surface area contributed by atoms with E-state index in [1.807, 2.05) is 32.9 Å². The van der Waals surface area contributed by atoms with E-state index in [9.17, 15) is 4.79 Å². The number of carbonyl (C=O) groups excluding carboxylic acids is 1. The van der Waals surface area contributed by atoms with Gasteiger partial charge in [-0.2, -0.15) is 0 Å². The lowest BCUT2D eigenvalue weighted by atomic mass is 10.3. The number of amides is 1. The van der Waals surface area contributed by atoms with Crippen LogP contribution in [0.1, 0.15) is 19.4 Å².